The Balaban J connectivity index is 3.92. The van der Waals surface area contributed by atoms with Crippen LogP contribution in [0.2, 0.25) is 0 Å². The minimum atomic E-state index is -0.720. The lowest BCUT2D eigenvalue weighted by molar-refractivity contribution is -0.147. The molecular formula is C12H25NO2. The lowest BCUT2D eigenvalue weighted by atomic mass is 9.89. The van der Waals surface area contributed by atoms with Gasteiger partial charge in [-0.3, -0.25) is 4.79 Å². The second-order valence-corrected chi connectivity index (χ2v) is 5.15. The van der Waals surface area contributed by atoms with Crippen molar-refractivity contribution in [3.8, 4) is 0 Å². The van der Waals surface area contributed by atoms with Crippen LogP contribution in [0.15, 0.2) is 0 Å². The maximum absolute atomic E-state index is 10.9. The molecule has 0 heterocycles. The predicted octanol–water partition coefficient (Wildman–Crippen LogP) is 2.51. The Morgan fingerprint density at radius 1 is 1.40 bits per heavy atom. The molecule has 1 unspecified atom stereocenters. The Labute approximate surface area is 93.3 Å². The molecule has 15 heavy (non-hydrogen) atoms. The van der Waals surface area contributed by atoms with Gasteiger partial charge in [0.1, 0.15) is 0 Å². The molecule has 0 aliphatic rings. The van der Waals surface area contributed by atoms with Gasteiger partial charge in [-0.15, -0.1) is 0 Å². The summed E-state index contributed by atoms with van der Waals surface area (Å²) in [6.07, 6.45) is 1.76. The summed E-state index contributed by atoms with van der Waals surface area (Å²) in [7, 11) is 0. The zero-order chi connectivity index (χ0) is 12.1. The average molecular weight is 215 g/mol. The van der Waals surface area contributed by atoms with Gasteiger partial charge >= 0.3 is 5.97 Å². The maximum Gasteiger partial charge on any atom is 0.309 e. The molecule has 0 bridgehead atoms. The molecule has 90 valence electrons. The van der Waals surface area contributed by atoms with E-state index in [2.05, 4.69) is 26.1 Å². The molecule has 2 N–H and O–H groups in total. The first-order chi connectivity index (χ1) is 6.81. The van der Waals surface area contributed by atoms with E-state index in [1.807, 2.05) is 0 Å². The molecule has 0 saturated carbocycles. The summed E-state index contributed by atoms with van der Waals surface area (Å²) >= 11 is 0. The lowest BCUT2D eigenvalue weighted by Crippen LogP contribution is -2.37. The van der Waals surface area contributed by atoms with Crippen LogP contribution < -0.4 is 5.32 Å². The highest BCUT2D eigenvalue weighted by Gasteiger charge is 2.26. The molecule has 0 spiro atoms. The van der Waals surface area contributed by atoms with Crippen LogP contribution in [0.5, 0.6) is 0 Å². The third-order valence-electron chi connectivity index (χ3n) is 2.98. The van der Waals surface area contributed by atoms with Crippen LogP contribution in [0.4, 0.5) is 0 Å². The van der Waals surface area contributed by atoms with Crippen LogP contribution >= 0.6 is 0 Å². The molecule has 0 rings (SSSR count). The van der Waals surface area contributed by atoms with Crippen molar-refractivity contribution < 1.29 is 9.90 Å². The highest BCUT2D eigenvalue weighted by molar-refractivity contribution is 5.73. The Morgan fingerprint density at radius 3 is 2.27 bits per heavy atom. The summed E-state index contributed by atoms with van der Waals surface area (Å²) in [6, 6.07) is 0.495. The van der Waals surface area contributed by atoms with Crippen LogP contribution in [0.1, 0.15) is 47.5 Å². The van der Waals surface area contributed by atoms with E-state index in [1.165, 1.54) is 0 Å². The molecule has 0 aliphatic heterocycles. The van der Waals surface area contributed by atoms with Crippen LogP contribution in [-0.2, 0) is 4.79 Å². The van der Waals surface area contributed by atoms with Gasteiger partial charge < -0.3 is 10.4 Å². The van der Waals surface area contributed by atoms with Crippen molar-refractivity contribution in [2.45, 2.75) is 53.5 Å². The number of hydrogen-bond donors (Lipinski definition) is 2. The number of nitrogens with one attached hydrogen (secondary N) is 1. The molecule has 3 heteroatoms. The molecule has 0 fully saturated rings. The average Bonchev–Trinajstić information content (AvgIpc) is 2.11. The van der Waals surface area contributed by atoms with Crippen LogP contribution in [0.3, 0.4) is 0 Å². The standard InChI is InChI=1S/C12H25NO2/c1-6-10(9(2)3)13-8-7-12(4,5)11(14)15/h9-10,13H,6-8H2,1-5H3,(H,14,15). The molecule has 0 saturated heterocycles. The zero-order valence-corrected chi connectivity index (χ0v) is 10.6. The lowest BCUT2D eigenvalue weighted by Gasteiger charge is -2.24. The first kappa shape index (κ1) is 14.4. The van der Waals surface area contributed by atoms with E-state index < -0.39 is 11.4 Å². The first-order valence-electron chi connectivity index (χ1n) is 5.78. The van der Waals surface area contributed by atoms with Crippen molar-refractivity contribution in [2.24, 2.45) is 11.3 Å². The summed E-state index contributed by atoms with van der Waals surface area (Å²) in [5, 5.41) is 12.4. The third-order valence-corrected chi connectivity index (χ3v) is 2.98. The van der Waals surface area contributed by atoms with Crippen LogP contribution in [-0.4, -0.2) is 23.7 Å². The van der Waals surface area contributed by atoms with E-state index >= 15 is 0 Å². The van der Waals surface area contributed by atoms with E-state index in [9.17, 15) is 4.79 Å². The molecule has 0 aromatic carbocycles. The SMILES string of the molecule is CCC(NCCC(C)(C)C(=O)O)C(C)C. The monoisotopic (exact) mass is 215 g/mol. The number of carboxylic acids is 1. The zero-order valence-electron chi connectivity index (χ0n) is 10.6. The largest absolute Gasteiger partial charge is 0.481 e. The van der Waals surface area contributed by atoms with Crippen LogP contribution in [0.25, 0.3) is 0 Å². The van der Waals surface area contributed by atoms with Gasteiger partial charge in [0.05, 0.1) is 5.41 Å². The maximum atomic E-state index is 10.9. The fourth-order valence-corrected chi connectivity index (χ4v) is 1.53. The highest BCUT2D eigenvalue weighted by Crippen LogP contribution is 2.19. The van der Waals surface area contributed by atoms with E-state index in [1.54, 1.807) is 13.8 Å². The van der Waals surface area contributed by atoms with Gasteiger partial charge in [0.2, 0.25) is 0 Å². The summed E-state index contributed by atoms with van der Waals surface area (Å²) < 4.78 is 0. The fraction of sp³-hybridized carbons (Fsp3) is 0.917. The molecule has 0 aromatic rings. The highest BCUT2D eigenvalue weighted by atomic mass is 16.4. The number of rotatable bonds is 7. The van der Waals surface area contributed by atoms with E-state index in [0.717, 1.165) is 13.0 Å². The van der Waals surface area contributed by atoms with Gasteiger partial charge in [0.15, 0.2) is 0 Å². The molecule has 0 radical (unpaired) electrons. The van der Waals surface area contributed by atoms with E-state index in [4.69, 9.17) is 5.11 Å². The van der Waals surface area contributed by atoms with Crippen molar-refractivity contribution in [1.82, 2.24) is 5.32 Å². The van der Waals surface area contributed by atoms with Gasteiger partial charge in [-0.2, -0.15) is 0 Å². The minimum absolute atomic E-state index is 0.495. The molecular weight excluding hydrogens is 190 g/mol. The predicted molar refractivity (Wildman–Crippen MR) is 63.0 cm³/mol. The van der Waals surface area contributed by atoms with Crippen LogP contribution in [0, 0.1) is 11.3 Å². The summed E-state index contributed by atoms with van der Waals surface area (Å²) in [5.74, 6) is -0.121. The van der Waals surface area contributed by atoms with Gasteiger partial charge in [0, 0.05) is 6.04 Å². The topological polar surface area (TPSA) is 49.3 Å². The van der Waals surface area contributed by atoms with E-state index in [-0.39, 0.29) is 0 Å². The van der Waals surface area contributed by atoms with Crippen molar-refractivity contribution in [2.75, 3.05) is 6.54 Å². The molecule has 3 nitrogen and oxygen atoms in total. The van der Waals surface area contributed by atoms with Gasteiger partial charge in [-0.25, -0.2) is 0 Å². The minimum Gasteiger partial charge on any atom is -0.481 e. The molecule has 1 atom stereocenters. The Morgan fingerprint density at radius 2 is 1.93 bits per heavy atom. The number of carbonyl (C=O) groups is 1. The van der Waals surface area contributed by atoms with Crippen molar-refractivity contribution in [3.63, 3.8) is 0 Å². The van der Waals surface area contributed by atoms with Gasteiger partial charge in [-0.05, 0) is 39.2 Å². The van der Waals surface area contributed by atoms with E-state index in [0.29, 0.717) is 18.4 Å². The van der Waals surface area contributed by atoms with Crippen molar-refractivity contribution in [1.29, 1.82) is 0 Å². The van der Waals surface area contributed by atoms with Gasteiger partial charge in [-0.1, -0.05) is 20.8 Å². The summed E-state index contributed by atoms with van der Waals surface area (Å²) in [6.45, 7) is 10.8. The van der Waals surface area contributed by atoms with Gasteiger partial charge in [0.25, 0.3) is 0 Å². The number of hydrogen-bond acceptors (Lipinski definition) is 2. The summed E-state index contributed by atoms with van der Waals surface area (Å²) in [5.41, 5.74) is -0.623. The molecule has 0 amide bonds. The van der Waals surface area contributed by atoms with Crippen molar-refractivity contribution >= 4 is 5.97 Å². The normalized spacial score (nSPS) is 14.3. The molecule has 0 aromatic heterocycles. The Hall–Kier alpha value is -0.570. The second-order valence-electron chi connectivity index (χ2n) is 5.15. The Kier molecular flexibility index (Phi) is 5.88. The third kappa shape index (κ3) is 5.17. The number of aliphatic carboxylic acids is 1. The fourth-order valence-electron chi connectivity index (χ4n) is 1.53. The summed E-state index contributed by atoms with van der Waals surface area (Å²) in [4.78, 5) is 10.9. The first-order valence-corrected chi connectivity index (χ1v) is 5.78. The molecule has 0 aliphatic carbocycles. The van der Waals surface area contributed by atoms with Crippen molar-refractivity contribution in [3.05, 3.63) is 0 Å². The Bertz CT molecular complexity index is 200. The number of carboxylic acid groups (broad SMARTS) is 1. The quantitative estimate of drug-likeness (QED) is 0.686. The second kappa shape index (κ2) is 6.11. The smallest absolute Gasteiger partial charge is 0.309 e.